The minimum absolute atomic E-state index is 0. The number of methoxy groups -OCH3 is 2. The Balaban J connectivity index is 0.00000363. The Kier molecular flexibility index (Phi) is 10.6. The summed E-state index contributed by atoms with van der Waals surface area (Å²) in [5.74, 6) is 2.71. The first-order chi connectivity index (χ1) is 15.0. The first-order valence-electron chi connectivity index (χ1n) is 10.4. The van der Waals surface area contributed by atoms with Crippen molar-refractivity contribution in [2.45, 2.75) is 25.5 Å². The third-order valence-corrected chi connectivity index (χ3v) is 5.43. The number of nitrogens with zero attached hydrogens (tertiary/aromatic N) is 3. The van der Waals surface area contributed by atoms with Gasteiger partial charge in [-0.2, -0.15) is 0 Å². The number of guanidine groups is 1. The highest BCUT2D eigenvalue weighted by atomic mass is 127. The van der Waals surface area contributed by atoms with Gasteiger partial charge in [0.1, 0.15) is 23.4 Å². The third kappa shape index (κ3) is 6.76. The van der Waals surface area contributed by atoms with Crippen LogP contribution < -0.4 is 25.0 Å². The maximum Gasteiger partial charge on any atom is 0.191 e. The molecule has 0 bridgehead atoms. The summed E-state index contributed by atoms with van der Waals surface area (Å²) in [7, 11) is 3.17. The molecule has 3 N–H and O–H groups in total. The van der Waals surface area contributed by atoms with Crippen molar-refractivity contribution in [2.75, 3.05) is 45.3 Å². The van der Waals surface area contributed by atoms with Crippen molar-refractivity contribution in [1.29, 1.82) is 0 Å². The van der Waals surface area contributed by atoms with Crippen LogP contribution in [0.25, 0.3) is 0 Å². The van der Waals surface area contributed by atoms with Gasteiger partial charge in [-0.1, -0.05) is 11.6 Å². The zero-order valence-corrected chi connectivity index (χ0v) is 21.6. The van der Waals surface area contributed by atoms with Crippen LogP contribution in [0.5, 0.6) is 11.5 Å². The Labute approximate surface area is 211 Å². The van der Waals surface area contributed by atoms with Crippen LogP contribution in [0.15, 0.2) is 41.5 Å². The molecule has 1 aromatic heterocycles. The number of aliphatic imine (C=N–C) groups is 1. The average Bonchev–Trinajstić information content (AvgIpc) is 3.25. The molecule has 0 radical (unpaired) electrons. The van der Waals surface area contributed by atoms with Gasteiger partial charge in [-0.25, -0.2) is 4.98 Å². The Bertz CT molecular complexity index is 902. The quantitative estimate of drug-likeness (QED) is 0.253. The van der Waals surface area contributed by atoms with Gasteiger partial charge in [0.25, 0.3) is 0 Å². The van der Waals surface area contributed by atoms with Gasteiger partial charge >= 0.3 is 0 Å². The van der Waals surface area contributed by atoms with Crippen molar-refractivity contribution in [3.63, 3.8) is 0 Å². The van der Waals surface area contributed by atoms with Crippen LogP contribution in [0.1, 0.15) is 25.0 Å². The van der Waals surface area contributed by atoms with Crippen LogP contribution in [0, 0.1) is 0 Å². The van der Waals surface area contributed by atoms with Crippen molar-refractivity contribution >= 4 is 47.4 Å². The molecule has 0 aliphatic carbocycles. The second kappa shape index (κ2) is 12.9. The average molecular weight is 576 g/mol. The molecular weight excluding hydrogens is 545 g/mol. The fourth-order valence-corrected chi connectivity index (χ4v) is 3.81. The number of halogens is 2. The van der Waals surface area contributed by atoms with E-state index in [0.29, 0.717) is 34.6 Å². The molecule has 2 heterocycles. The largest absolute Gasteiger partial charge is 0.497 e. The van der Waals surface area contributed by atoms with E-state index in [4.69, 9.17) is 21.1 Å². The van der Waals surface area contributed by atoms with E-state index in [-0.39, 0.29) is 36.6 Å². The van der Waals surface area contributed by atoms with Gasteiger partial charge in [0, 0.05) is 37.4 Å². The van der Waals surface area contributed by atoms with Gasteiger partial charge in [-0.15, -0.1) is 24.0 Å². The lowest BCUT2D eigenvalue weighted by Gasteiger charge is -2.20. The van der Waals surface area contributed by atoms with Crippen LogP contribution in [0.2, 0.25) is 5.02 Å². The second-order valence-corrected chi connectivity index (χ2v) is 7.64. The van der Waals surface area contributed by atoms with Gasteiger partial charge in [-0.05, 0) is 43.7 Å². The SMILES string of the molecule is CCNC(=NCC(O)c1cc(OC)ccc1OC)NC1CCN(c2ncccc2Cl)C1.I. The minimum atomic E-state index is -0.826. The molecule has 0 saturated carbocycles. The smallest absolute Gasteiger partial charge is 0.191 e. The van der Waals surface area contributed by atoms with Crippen LogP contribution in [0.3, 0.4) is 0 Å². The molecule has 1 aliphatic heterocycles. The van der Waals surface area contributed by atoms with E-state index in [1.54, 1.807) is 38.6 Å². The Morgan fingerprint density at radius 1 is 1.34 bits per heavy atom. The van der Waals surface area contributed by atoms with Gasteiger partial charge in [0.05, 0.1) is 25.8 Å². The molecule has 2 atom stereocenters. The Morgan fingerprint density at radius 2 is 2.16 bits per heavy atom. The highest BCUT2D eigenvalue weighted by molar-refractivity contribution is 14.0. The summed E-state index contributed by atoms with van der Waals surface area (Å²) in [6, 6.07) is 9.22. The predicted octanol–water partition coefficient (Wildman–Crippen LogP) is 3.24. The number of ether oxygens (including phenoxy) is 2. The van der Waals surface area contributed by atoms with Crippen LogP contribution >= 0.6 is 35.6 Å². The van der Waals surface area contributed by atoms with Gasteiger partial charge in [-0.3, -0.25) is 4.99 Å². The predicted molar refractivity (Wildman–Crippen MR) is 139 cm³/mol. The van der Waals surface area contributed by atoms with E-state index in [0.717, 1.165) is 25.3 Å². The number of hydrogen-bond donors (Lipinski definition) is 3. The minimum Gasteiger partial charge on any atom is -0.497 e. The maximum atomic E-state index is 10.7. The lowest BCUT2D eigenvalue weighted by Crippen LogP contribution is -2.44. The molecule has 10 heteroatoms. The molecule has 0 spiro atoms. The molecule has 1 fully saturated rings. The fraction of sp³-hybridized carbons (Fsp3) is 0.455. The van der Waals surface area contributed by atoms with E-state index < -0.39 is 6.10 Å². The number of nitrogens with one attached hydrogen (secondary N) is 2. The lowest BCUT2D eigenvalue weighted by molar-refractivity contribution is 0.182. The molecule has 1 aliphatic rings. The third-order valence-electron chi connectivity index (χ3n) is 5.13. The highest BCUT2D eigenvalue weighted by Crippen LogP contribution is 2.29. The molecule has 3 rings (SSSR count). The molecule has 2 unspecified atom stereocenters. The number of hydrogen-bond acceptors (Lipinski definition) is 6. The summed E-state index contributed by atoms with van der Waals surface area (Å²) >= 11 is 6.29. The number of pyridine rings is 1. The summed E-state index contributed by atoms with van der Waals surface area (Å²) in [6.45, 7) is 4.53. The summed E-state index contributed by atoms with van der Waals surface area (Å²) in [5.41, 5.74) is 0.637. The molecule has 176 valence electrons. The summed E-state index contributed by atoms with van der Waals surface area (Å²) in [6.07, 6.45) is 1.86. The lowest BCUT2D eigenvalue weighted by atomic mass is 10.1. The molecule has 1 aromatic carbocycles. The zero-order chi connectivity index (χ0) is 22.2. The number of aliphatic hydroxyl groups excluding tert-OH is 1. The molecule has 1 saturated heterocycles. The van der Waals surface area contributed by atoms with E-state index in [1.807, 2.05) is 19.1 Å². The second-order valence-electron chi connectivity index (χ2n) is 7.23. The highest BCUT2D eigenvalue weighted by Gasteiger charge is 2.25. The topological polar surface area (TPSA) is 91.2 Å². The Hall–Kier alpha value is -1.98. The van der Waals surface area contributed by atoms with Crippen LogP contribution in [0.4, 0.5) is 5.82 Å². The van der Waals surface area contributed by atoms with Crippen molar-refractivity contribution in [1.82, 2.24) is 15.6 Å². The summed E-state index contributed by atoms with van der Waals surface area (Å²) in [4.78, 5) is 11.2. The number of rotatable bonds is 8. The summed E-state index contributed by atoms with van der Waals surface area (Å²) < 4.78 is 10.6. The zero-order valence-electron chi connectivity index (χ0n) is 18.5. The molecule has 8 nitrogen and oxygen atoms in total. The van der Waals surface area contributed by atoms with Crippen molar-refractivity contribution in [3.05, 3.63) is 47.1 Å². The molecule has 2 aromatic rings. The molecule has 32 heavy (non-hydrogen) atoms. The van der Waals surface area contributed by atoms with Crippen molar-refractivity contribution < 1.29 is 14.6 Å². The number of aliphatic hydroxyl groups is 1. The number of benzene rings is 1. The standard InChI is InChI=1S/C22H30ClN5O3.HI/c1-4-24-22(26-13-19(29)17-12-16(30-2)7-8-20(17)31-3)27-15-9-11-28(14-15)21-18(23)6-5-10-25-21;/h5-8,10,12,15,19,29H,4,9,11,13-14H2,1-3H3,(H2,24,26,27);1H. The van der Waals surface area contributed by atoms with Crippen LogP contribution in [-0.2, 0) is 0 Å². The summed E-state index contributed by atoms with van der Waals surface area (Å²) in [5, 5.41) is 18.1. The van der Waals surface area contributed by atoms with E-state index >= 15 is 0 Å². The monoisotopic (exact) mass is 575 g/mol. The maximum absolute atomic E-state index is 10.7. The van der Waals surface area contributed by atoms with Crippen molar-refractivity contribution in [3.8, 4) is 11.5 Å². The number of aromatic nitrogens is 1. The Morgan fingerprint density at radius 3 is 2.84 bits per heavy atom. The van der Waals surface area contributed by atoms with Gasteiger partial charge in [0.2, 0.25) is 0 Å². The number of anilines is 1. The first kappa shape index (κ1) is 26.3. The van der Waals surface area contributed by atoms with Crippen LogP contribution in [-0.4, -0.2) is 62.5 Å². The molecule has 0 amide bonds. The fourth-order valence-electron chi connectivity index (χ4n) is 3.57. The first-order valence-corrected chi connectivity index (χ1v) is 10.7. The van der Waals surface area contributed by atoms with Gasteiger partial charge in [0.15, 0.2) is 5.96 Å². The van der Waals surface area contributed by atoms with Gasteiger partial charge < -0.3 is 30.1 Å². The van der Waals surface area contributed by atoms with E-state index in [2.05, 4.69) is 25.5 Å². The van der Waals surface area contributed by atoms with E-state index in [9.17, 15) is 5.11 Å². The van der Waals surface area contributed by atoms with Crippen molar-refractivity contribution in [2.24, 2.45) is 4.99 Å². The molecular formula is C22H31ClIN5O3. The van der Waals surface area contributed by atoms with E-state index in [1.165, 1.54) is 0 Å². The normalized spacial score (nSPS) is 16.8.